The van der Waals surface area contributed by atoms with E-state index in [0.717, 1.165) is 0 Å². The summed E-state index contributed by atoms with van der Waals surface area (Å²) in [6.45, 7) is 0. The molecule has 0 rings (SSSR count). The predicted molar refractivity (Wildman–Crippen MR) is 13.4 cm³/mol. The van der Waals surface area contributed by atoms with Crippen molar-refractivity contribution in [3.05, 3.63) is 24.6 Å². The van der Waals surface area contributed by atoms with E-state index in [1.165, 1.54) is 0 Å². The van der Waals surface area contributed by atoms with Gasteiger partial charge in [-0.25, -0.2) is 0 Å². The van der Waals surface area contributed by atoms with Crippen LogP contribution < -0.4 is 0 Å². The maximum absolute atomic E-state index is 1.56. The minimum absolute atomic E-state index is 0. The molecule has 0 unspecified atom stereocenters. The molecular weight excluding hydrogens is 1140 g/mol. The molecule has 0 aromatic carbocycles. The number of nitrogens with zero attached hydrogens (tertiary/aromatic N) is 4. The Morgan fingerprint density at radius 1 is 0.400 bits per heavy atom. The van der Waals surface area contributed by atoms with Crippen molar-refractivity contribution in [1.29, 1.82) is 0 Å². The van der Waals surface area contributed by atoms with Gasteiger partial charge in [-0.05, 0) is 0 Å². The van der Waals surface area contributed by atoms with E-state index >= 15 is 0 Å². The molecule has 4 nitrogen and oxygen atoms in total. The SMILES string of the molecule is [N-3].[N-3].[N-3].[N-3].[Ta][Ta+4].[Ta][Ta+4].[Ta][Ta+4]. The van der Waals surface area contributed by atoms with E-state index in [2.05, 4.69) is 0 Å². The van der Waals surface area contributed by atoms with Crippen molar-refractivity contribution in [3.8, 4) is 0 Å². The van der Waals surface area contributed by atoms with Crippen molar-refractivity contribution < 1.29 is 106 Å². The Morgan fingerprint density at radius 2 is 0.400 bits per heavy atom. The normalized spacial score (nSPS) is 1.80. The van der Waals surface area contributed by atoms with Crippen LogP contribution in [-0.4, -0.2) is 0 Å². The van der Waals surface area contributed by atoms with Gasteiger partial charge in [0.05, 0.1) is 0 Å². The Bertz CT molecular complexity index is 9.71. The van der Waals surface area contributed by atoms with Gasteiger partial charge in [0.2, 0.25) is 0 Å². The van der Waals surface area contributed by atoms with Gasteiger partial charge in [0.25, 0.3) is 0 Å². The molecule has 0 aromatic rings. The fraction of sp³-hybridized carbons (Fsp3) is 0. The van der Waals surface area contributed by atoms with Crippen LogP contribution in [0.3, 0.4) is 0 Å². The predicted octanol–water partition coefficient (Wildman–Crippen LogP) is 1.14. The van der Waals surface area contributed by atoms with Gasteiger partial charge < -0.3 is 24.6 Å². The third-order valence-electron chi connectivity index (χ3n) is 0. The molecule has 0 aromatic heterocycles. The zero-order chi connectivity index (χ0) is 6.00. The van der Waals surface area contributed by atoms with Crippen molar-refractivity contribution in [2.45, 2.75) is 0 Å². The molecule has 0 heterocycles. The first-order chi connectivity index (χ1) is 3.00. The van der Waals surface area contributed by atoms with Gasteiger partial charge in [0.15, 0.2) is 0 Å². The molecule has 0 aliphatic rings. The van der Waals surface area contributed by atoms with Crippen LogP contribution in [0.4, 0.5) is 0 Å². The quantitative estimate of drug-likeness (QED) is 0.346. The summed E-state index contributed by atoms with van der Waals surface area (Å²) in [4.78, 5) is 0. The molecule has 0 N–H and O–H groups in total. The summed E-state index contributed by atoms with van der Waals surface area (Å²) in [7, 11) is 0. The minimum atomic E-state index is 0. The molecule has 0 saturated carbocycles. The van der Waals surface area contributed by atoms with Crippen LogP contribution in [0.5, 0.6) is 0 Å². The Hall–Kier alpha value is 4.28. The third kappa shape index (κ3) is 85.3. The molecule has 10 heteroatoms. The van der Waals surface area contributed by atoms with Gasteiger partial charge in [0, 0.05) is 0 Å². The average Bonchev–Trinajstić information content (AvgIpc) is 1.81. The Labute approximate surface area is 127 Å². The number of hydrogen-bond acceptors (Lipinski definition) is 0. The molecular formula is N4Ta6. The summed E-state index contributed by atoms with van der Waals surface area (Å²) < 4.78 is 0. The molecule has 0 atom stereocenters. The van der Waals surface area contributed by atoms with Crippen LogP contribution in [0.1, 0.15) is 0 Å². The second-order valence-corrected chi connectivity index (χ2v) is 0. The topological polar surface area (TPSA) is 122 Å². The van der Waals surface area contributed by atoms with Gasteiger partial charge in [-0.3, -0.25) is 0 Å². The van der Waals surface area contributed by atoms with Crippen molar-refractivity contribution in [2.75, 3.05) is 0 Å². The molecule has 0 saturated heterocycles. The fourth-order valence-electron chi connectivity index (χ4n) is 0. The molecule has 0 aliphatic heterocycles. The van der Waals surface area contributed by atoms with E-state index in [1.54, 1.807) is 106 Å². The Balaban J connectivity index is -0.00000000225. The monoisotopic (exact) mass is 1140 g/mol. The summed E-state index contributed by atoms with van der Waals surface area (Å²) in [6, 6.07) is 0. The number of rotatable bonds is 0. The molecule has 50 valence electrons. The van der Waals surface area contributed by atoms with E-state index < -0.39 is 0 Å². The van der Waals surface area contributed by atoms with Crippen LogP contribution in [0, 0.1) is 0 Å². The molecule has 0 amide bonds. The van der Waals surface area contributed by atoms with E-state index in [-0.39, 0.29) is 24.6 Å². The van der Waals surface area contributed by atoms with Crippen molar-refractivity contribution >= 4 is 0 Å². The fourth-order valence-corrected chi connectivity index (χ4v) is 0. The molecule has 0 bridgehead atoms. The molecule has 10 heavy (non-hydrogen) atoms. The van der Waals surface area contributed by atoms with Crippen molar-refractivity contribution in [1.82, 2.24) is 0 Å². The first-order valence-corrected chi connectivity index (χ1v) is 40.2. The molecule has 0 radical (unpaired) electrons. The van der Waals surface area contributed by atoms with Gasteiger partial charge in [0.1, 0.15) is 0 Å². The summed E-state index contributed by atoms with van der Waals surface area (Å²) in [6.07, 6.45) is 0. The van der Waals surface area contributed by atoms with Crippen LogP contribution in [-0.2, 0) is 106 Å². The summed E-state index contributed by atoms with van der Waals surface area (Å²) in [5, 5.41) is 0. The second kappa shape index (κ2) is 109. The molecule has 0 fully saturated rings. The standard InChI is InChI=1S/4N.6Ta/q4*-3;;;;3*+4. The van der Waals surface area contributed by atoms with Crippen LogP contribution in [0.15, 0.2) is 0 Å². The van der Waals surface area contributed by atoms with Crippen molar-refractivity contribution in [3.63, 3.8) is 0 Å². The first kappa shape index (κ1) is 47.5. The van der Waals surface area contributed by atoms with E-state index in [0.29, 0.717) is 0 Å². The van der Waals surface area contributed by atoms with E-state index in [1.807, 2.05) is 0 Å². The number of hydrogen-bond donors (Lipinski definition) is 0. The first-order valence-electron chi connectivity index (χ1n) is 0.600. The average molecular weight is 1140 g/mol. The van der Waals surface area contributed by atoms with Gasteiger partial charge in [-0.2, -0.15) is 0 Å². The van der Waals surface area contributed by atoms with Gasteiger partial charge in [-0.1, -0.05) is 0 Å². The summed E-state index contributed by atoms with van der Waals surface area (Å²) >= 11 is 9.33. The Morgan fingerprint density at radius 3 is 0.400 bits per heavy atom. The molecule has 0 spiro atoms. The van der Waals surface area contributed by atoms with E-state index in [9.17, 15) is 0 Å². The van der Waals surface area contributed by atoms with Crippen LogP contribution in [0.2, 0.25) is 0 Å². The van der Waals surface area contributed by atoms with Crippen molar-refractivity contribution in [2.24, 2.45) is 0 Å². The van der Waals surface area contributed by atoms with Gasteiger partial charge in [-0.15, -0.1) is 0 Å². The zero-order valence-corrected chi connectivity index (χ0v) is 23.8. The zero-order valence-electron chi connectivity index (χ0n) is 4.47. The van der Waals surface area contributed by atoms with Crippen LogP contribution >= 0.6 is 0 Å². The third-order valence-corrected chi connectivity index (χ3v) is 0. The van der Waals surface area contributed by atoms with Gasteiger partial charge >= 0.3 is 106 Å². The molecule has 0 aliphatic carbocycles. The maximum atomic E-state index is 1.56. The van der Waals surface area contributed by atoms with Crippen LogP contribution in [0.25, 0.3) is 24.6 Å². The summed E-state index contributed by atoms with van der Waals surface area (Å²) in [5.41, 5.74) is 0. The Kier molecular flexibility index (Phi) is 519. The van der Waals surface area contributed by atoms with E-state index in [4.69, 9.17) is 0 Å². The second-order valence-electron chi connectivity index (χ2n) is 0. The summed E-state index contributed by atoms with van der Waals surface area (Å²) in [5.74, 6) is 0.